The number of ether oxygens (including phenoxy) is 15. The molecule has 0 aromatic rings. The van der Waals surface area contributed by atoms with Gasteiger partial charge in [-0.2, -0.15) is 0 Å². The van der Waals surface area contributed by atoms with Crippen molar-refractivity contribution < 1.29 is 197 Å². The minimum atomic E-state index is -2.39. The van der Waals surface area contributed by atoms with Gasteiger partial charge in [0.1, 0.15) is 189 Å². The van der Waals surface area contributed by atoms with Gasteiger partial charge in [0.15, 0.2) is 50.3 Å². The normalized spacial score (nSPS) is 48.7. The van der Waals surface area contributed by atoms with Crippen molar-refractivity contribution >= 4 is 23.6 Å². The summed E-state index contributed by atoms with van der Waals surface area (Å²) in [7, 11) is 0. The second-order valence-corrected chi connectivity index (χ2v) is 25.3. The van der Waals surface area contributed by atoms with Crippen LogP contribution in [0.5, 0.6) is 0 Å². The maximum atomic E-state index is 13.4. The molecule has 8 saturated heterocycles. The van der Waals surface area contributed by atoms with Gasteiger partial charge in [0.05, 0.1) is 52.4 Å². The summed E-state index contributed by atoms with van der Waals surface area (Å²) in [5.41, 5.74) is 0. The Morgan fingerprint density at radius 2 is 0.620 bits per heavy atom. The lowest BCUT2D eigenvalue weighted by Gasteiger charge is -2.52. The fourth-order valence-corrected chi connectivity index (χ4v) is 12.9. The highest BCUT2D eigenvalue weighted by Crippen LogP contribution is 2.39. The fourth-order valence-electron chi connectivity index (χ4n) is 12.9. The van der Waals surface area contributed by atoms with E-state index in [-0.39, 0.29) is 0 Å². The molecule has 0 unspecified atom stereocenters. The first-order valence-electron chi connectivity index (χ1n) is 32.0. The van der Waals surface area contributed by atoms with Crippen molar-refractivity contribution in [3.8, 4) is 0 Å². The molecule has 44 nitrogen and oxygen atoms in total. The molecule has 0 aromatic heterocycles. The Balaban J connectivity index is 1.12. The van der Waals surface area contributed by atoms with Crippen molar-refractivity contribution in [2.24, 2.45) is 0 Å². The summed E-state index contributed by atoms with van der Waals surface area (Å²) in [5, 5.41) is 241. The number of hydrogen-bond acceptors (Lipinski definition) is 40. The van der Waals surface area contributed by atoms with E-state index in [0.717, 1.165) is 27.7 Å². The molecule has 8 aliphatic rings. The third-order valence-corrected chi connectivity index (χ3v) is 18.2. The number of aliphatic hydroxyl groups is 21. The Hall–Kier alpha value is -3.56. The molecule has 0 bridgehead atoms. The molecular formula is C56H94N4O40. The van der Waals surface area contributed by atoms with Gasteiger partial charge >= 0.3 is 0 Å². The minimum absolute atomic E-state index is 0.754. The maximum Gasteiger partial charge on any atom is 0.217 e. The summed E-state index contributed by atoms with van der Waals surface area (Å²) in [6.45, 7) is -2.16. The first-order chi connectivity index (χ1) is 47.2. The molecule has 0 aromatic carbocycles. The second kappa shape index (κ2) is 35.7. The summed E-state index contributed by atoms with van der Waals surface area (Å²) in [5.74, 6) is -3.41. The van der Waals surface area contributed by atoms with Crippen LogP contribution >= 0.6 is 0 Å². The van der Waals surface area contributed by atoms with Crippen LogP contribution in [0.4, 0.5) is 0 Å². The zero-order valence-electron chi connectivity index (χ0n) is 54.2. The van der Waals surface area contributed by atoms with Crippen LogP contribution in [0.3, 0.4) is 0 Å². The summed E-state index contributed by atoms with van der Waals surface area (Å²) in [4.78, 5) is 50.7. The van der Waals surface area contributed by atoms with E-state index < -0.39 is 315 Å². The number of hydrogen-bond donors (Lipinski definition) is 25. The van der Waals surface area contributed by atoms with Gasteiger partial charge in [-0.3, -0.25) is 19.2 Å². The zero-order valence-corrected chi connectivity index (χ0v) is 54.2. The summed E-state index contributed by atoms with van der Waals surface area (Å²) >= 11 is 0. The lowest BCUT2D eigenvalue weighted by atomic mass is 9.93. The molecule has 0 spiro atoms. The first-order valence-corrected chi connectivity index (χ1v) is 32.0. The molecule has 8 aliphatic heterocycles. The van der Waals surface area contributed by atoms with E-state index in [9.17, 15) is 126 Å². The van der Waals surface area contributed by atoms with E-state index >= 15 is 0 Å². The van der Waals surface area contributed by atoms with E-state index in [1.807, 2.05) is 0 Å². The average Bonchev–Trinajstić information content (AvgIpc) is 0.765. The standard InChI is InChI=1S/C56H94N4O40/c1-13-29(71)37(79)40(82)53(87-13)98-46-28(60-17(5)70)52(93-23(11-66)45(46)97-50-26(58-15(3)68)34(76)30(72)18(6-61)89-50)100-48-39(81)32(74)20(8-63)91-56(48)86-12-24-33(75)47(99-54-41(83)38(80)31(73)19(7-62)90-54)42(84)55(94-24)96-44-22(10-65)92-51(27(36(44)78)59-16(4)69)95-43-21(9-64)88-49(85)25(35(43)77)57-14(2)67/h13,18-56,61-66,71-85H,6-12H2,1-5H3,(H,57,67)(H,58,68)(H,59,69)(H,60,70)/t13-,18+,19+,20+,21+,22+,23+,24+,25+,26+,27+,28+,29+,30-,31+,32+,33+,34+,35+,36+,37+,38-,39-,40-,41-,42-,43+,44+,45+,46+,47-,48-,49+,50-,51-,52-,53-,54+,55-,56-/m0/s1. The topological polar surface area (TPSA) is 680 Å². The SMILES string of the molecule is CC(=O)N[C@@H]1[C@@H](O)[C@H](O[C@@H]2O[C@H](CO)[C@@H](O[C@@H]3O[C@H](CO[C@H]4O[C@H](CO)[C@@H](O)[C@H](O)[C@@H]4O[C@@H]4O[C@H](CO)[C@@H](O[C@@H]5O[C@H](CO)[C@H](O)[C@H](O)[C@H]5NC(C)=O)[C@H](O[C@@H]5O[C@@H](C)[C@@H](O)[C@@H](O)[C@@H]5O)[C@H]4NC(C)=O)[C@@H](O)[C@H](O[C@H]4O[C@H](CO)[C@@H](O)[C@H](O)[C@@H]4O)[C@@H]3O)[C@H](O)[C@H]2NC(C)=O)[C@@H](CO)O[C@H]1O. The molecule has 8 fully saturated rings. The Labute approximate surface area is 567 Å². The number of aliphatic hydroxyl groups excluding tert-OH is 21. The summed E-state index contributed by atoms with van der Waals surface area (Å²) in [6, 6.07) is -7.08. The van der Waals surface area contributed by atoms with Crippen LogP contribution in [0.25, 0.3) is 0 Å². The lowest BCUT2D eigenvalue weighted by molar-refractivity contribution is -0.392. The smallest absolute Gasteiger partial charge is 0.217 e. The fraction of sp³-hybridized carbons (Fsp3) is 0.929. The van der Waals surface area contributed by atoms with E-state index in [4.69, 9.17) is 71.1 Å². The van der Waals surface area contributed by atoms with Crippen molar-refractivity contribution in [1.82, 2.24) is 21.3 Å². The van der Waals surface area contributed by atoms with Gasteiger partial charge in [-0.25, -0.2) is 0 Å². The molecule has 8 rings (SSSR count). The Morgan fingerprint density at radius 3 is 1.15 bits per heavy atom. The molecule has 8 heterocycles. The van der Waals surface area contributed by atoms with Crippen molar-refractivity contribution in [2.45, 2.75) is 280 Å². The van der Waals surface area contributed by atoms with Gasteiger partial charge in [-0.1, -0.05) is 0 Å². The highest BCUT2D eigenvalue weighted by Gasteiger charge is 2.60. The molecule has 0 aliphatic carbocycles. The molecule has 44 heteroatoms. The van der Waals surface area contributed by atoms with Gasteiger partial charge < -0.3 is 200 Å². The monoisotopic (exact) mass is 1460 g/mol. The largest absolute Gasteiger partial charge is 0.394 e. The van der Waals surface area contributed by atoms with E-state index in [1.165, 1.54) is 6.92 Å². The predicted molar refractivity (Wildman–Crippen MR) is 309 cm³/mol. The highest BCUT2D eigenvalue weighted by atomic mass is 16.8. The Morgan fingerprint density at radius 1 is 0.280 bits per heavy atom. The minimum Gasteiger partial charge on any atom is -0.394 e. The van der Waals surface area contributed by atoms with Crippen molar-refractivity contribution in [2.75, 3.05) is 46.2 Å². The van der Waals surface area contributed by atoms with Gasteiger partial charge in [0, 0.05) is 27.7 Å². The van der Waals surface area contributed by atoms with Gasteiger partial charge in [0.25, 0.3) is 0 Å². The Bertz CT molecular complexity index is 2620. The van der Waals surface area contributed by atoms with Crippen molar-refractivity contribution in [3.05, 3.63) is 0 Å². The quantitative estimate of drug-likeness (QED) is 0.0404. The number of rotatable bonds is 25. The zero-order chi connectivity index (χ0) is 73.8. The van der Waals surface area contributed by atoms with Crippen LogP contribution in [-0.2, 0) is 90.2 Å². The van der Waals surface area contributed by atoms with Crippen molar-refractivity contribution in [1.29, 1.82) is 0 Å². The molecule has 100 heavy (non-hydrogen) atoms. The summed E-state index contributed by atoms with van der Waals surface area (Å²) in [6.07, 6.45) is -71.8. The highest BCUT2D eigenvalue weighted by molar-refractivity contribution is 5.74. The summed E-state index contributed by atoms with van der Waals surface area (Å²) < 4.78 is 89.5. The van der Waals surface area contributed by atoms with Crippen LogP contribution in [0.1, 0.15) is 34.6 Å². The number of carbonyl (C=O) groups is 4. The third kappa shape index (κ3) is 18.1. The van der Waals surface area contributed by atoms with Crippen LogP contribution in [0.15, 0.2) is 0 Å². The van der Waals surface area contributed by atoms with Crippen LogP contribution in [0.2, 0.25) is 0 Å². The van der Waals surface area contributed by atoms with Crippen LogP contribution in [-0.4, -0.2) is 423 Å². The number of carbonyl (C=O) groups excluding carboxylic acids is 4. The Kier molecular flexibility index (Phi) is 29.3. The third-order valence-electron chi connectivity index (χ3n) is 18.2. The molecule has 25 N–H and O–H groups in total. The molecule has 0 saturated carbocycles. The average molecular weight is 1460 g/mol. The predicted octanol–water partition coefficient (Wildman–Crippen LogP) is -16.8. The van der Waals surface area contributed by atoms with E-state index in [0.29, 0.717) is 0 Å². The van der Waals surface area contributed by atoms with Crippen LogP contribution < -0.4 is 21.3 Å². The molecular weight excluding hydrogens is 1370 g/mol. The van der Waals surface area contributed by atoms with Crippen molar-refractivity contribution in [3.63, 3.8) is 0 Å². The molecule has 4 amide bonds. The number of amides is 4. The first kappa shape index (κ1) is 82.1. The molecule has 40 atom stereocenters. The van der Waals surface area contributed by atoms with E-state index in [2.05, 4.69) is 21.3 Å². The van der Waals surface area contributed by atoms with Gasteiger partial charge in [-0.05, 0) is 6.92 Å². The van der Waals surface area contributed by atoms with Gasteiger partial charge in [0.2, 0.25) is 23.6 Å². The van der Waals surface area contributed by atoms with Gasteiger partial charge in [-0.15, -0.1) is 0 Å². The molecule has 0 radical (unpaired) electrons. The number of nitrogens with one attached hydrogen (secondary N) is 4. The maximum absolute atomic E-state index is 13.4. The molecule has 578 valence electrons. The van der Waals surface area contributed by atoms with E-state index in [1.54, 1.807) is 0 Å². The second-order valence-electron chi connectivity index (χ2n) is 25.3. The lowest BCUT2D eigenvalue weighted by Crippen LogP contribution is -2.72. The van der Waals surface area contributed by atoms with Crippen LogP contribution in [0, 0.1) is 0 Å².